The molecule has 0 saturated heterocycles. The Hall–Kier alpha value is -2.66. The number of halogens is 1. The van der Waals surface area contributed by atoms with Gasteiger partial charge in [-0.05, 0) is 35.9 Å². The predicted octanol–water partition coefficient (Wildman–Crippen LogP) is 3.15. The molecule has 1 aromatic heterocycles. The Morgan fingerprint density at radius 3 is 2.57 bits per heavy atom. The van der Waals surface area contributed by atoms with E-state index in [9.17, 15) is 4.79 Å². The zero-order chi connectivity index (χ0) is 16.4. The number of nitrogens with zero attached hydrogens (tertiary/aromatic N) is 3. The van der Waals surface area contributed by atoms with Gasteiger partial charge < -0.3 is 9.64 Å². The highest BCUT2D eigenvalue weighted by molar-refractivity contribution is 6.31. The van der Waals surface area contributed by atoms with Crippen LogP contribution in [-0.2, 0) is 9.53 Å². The molecule has 23 heavy (non-hydrogen) atoms. The van der Waals surface area contributed by atoms with E-state index in [-0.39, 0.29) is 11.6 Å². The zero-order valence-electron chi connectivity index (χ0n) is 12.7. The first-order valence-electron chi connectivity index (χ1n) is 6.95. The number of hydrogen-bond donors (Lipinski definition) is 0. The molecule has 1 aliphatic rings. The predicted molar refractivity (Wildman–Crippen MR) is 90.6 cm³/mol. The van der Waals surface area contributed by atoms with Crippen LogP contribution in [0.2, 0.25) is 5.02 Å². The van der Waals surface area contributed by atoms with Gasteiger partial charge in [-0.2, -0.15) is 0 Å². The normalized spacial score (nSPS) is 15.5. The Bertz CT molecular complexity index is 811. The minimum absolute atomic E-state index is 0.161. The first-order valence-corrected chi connectivity index (χ1v) is 7.32. The largest absolute Gasteiger partial charge is 0.400 e. The summed E-state index contributed by atoms with van der Waals surface area (Å²) in [5.41, 5.74) is 2.61. The molecule has 0 spiro atoms. The van der Waals surface area contributed by atoms with E-state index in [1.807, 2.05) is 43.3 Å². The van der Waals surface area contributed by atoms with Crippen LogP contribution in [0, 0.1) is 0 Å². The van der Waals surface area contributed by atoms with Crippen LogP contribution in [-0.4, -0.2) is 30.9 Å². The second kappa shape index (κ2) is 6.22. The number of benzene rings is 1. The van der Waals surface area contributed by atoms with Crippen LogP contribution in [0.4, 0.5) is 5.69 Å². The van der Waals surface area contributed by atoms with E-state index in [4.69, 9.17) is 16.3 Å². The summed E-state index contributed by atoms with van der Waals surface area (Å²) in [6.45, 7) is 0. The average molecular weight is 328 g/mol. The Morgan fingerprint density at radius 1 is 1.17 bits per heavy atom. The Kier molecular flexibility index (Phi) is 4.12. The number of aliphatic imine (C=N–C) groups is 1. The summed E-state index contributed by atoms with van der Waals surface area (Å²) in [5, 5.41) is 0.505. The third-order valence-electron chi connectivity index (χ3n) is 3.27. The molecule has 6 heteroatoms. The molecule has 116 valence electrons. The van der Waals surface area contributed by atoms with E-state index in [0.717, 1.165) is 11.3 Å². The van der Waals surface area contributed by atoms with Gasteiger partial charge in [0, 0.05) is 31.0 Å². The molecule has 0 saturated carbocycles. The van der Waals surface area contributed by atoms with Gasteiger partial charge in [0.25, 0.3) is 0 Å². The molecule has 0 atom stereocenters. The fourth-order valence-corrected chi connectivity index (χ4v) is 2.23. The molecule has 2 aromatic rings. The van der Waals surface area contributed by atoms with Crippen molar-refractivity contribution in [2.24, 2.45) is 4.99 Å². The lowest BCUT2D eigenvalue weighted by Gasteiger charge is -2.11. The monoisotopic (exact) mass is 327 g/mol. The van der Waals surface area contributed by atoms with E-state index in [2.05, 4.69) is 9.98 Å². The summed E-state index contributed by atoms with van der Waals surface area (Å²) < 4.78 is 5.16. The highest BCUT2D eigenvalue weighted by Crippen LogP contribution is 2.21. The standard InChI is InChI=1S/C17H14ClN3O2/c1-21(2)13-5-3-11(4-6-13)9-15-17(22)23-16(20-15)14-10-12(18)7-8-19-14/h3-10H,1-2H3/b15-9-. The van der Waals surface area contributed by atoms with Crippen LogP contribution < -0.4 is 4.90 Å². The fraction of sp³-hybridized carbons (Fsp3) is 0.118. The number of pyridine rings is 1. The van der Waals surface area contributed by atoms with Gasteiger partial charge in [0.1, 0.15) is 5.69 Å². The maximum absolute atomic E-state index is 11.9. The van der Waals surface area contributed by atoms with Crippen LogP contribution >= 0.6 is 11.6 Å². The van der Waals surface area contributed by atoms with Gasteiger partial charge in [-0.1, -0.05) is 23.7 Å². The van der Waals surface area contributed by atoms with Crippen molar-refractivity contribution < 1.29 is 9.53 Å². The molecule has 0 amide bonds. The van der Waals surface area contributed by atoms with Gasteiger partial charge in [-0.15, -0.1) is 0 Å². The summed E-state index contributed by atoms with van der Waals surface area (Å²) >= 11 is 5.91. The summed E-state index contributed by atoms with van der Waals surface area (Å²) in [6.07, 6.45) is 3.22. The minimum atomic E-state index is -0.501. The topological polar surface area (TPSA) is 54.8 Å². The van der Waals surface area contributed by atoms with Crippen molar-refractivity contribution in [1.29, 1.82) is 0 Å². The molecule has 2 heterocycles. The molecule has 5 nitrogen and oxygen atoms in total. The van der Waals surface area contributed by atoms with Crippen LogP contribution in [0.1, 0.15) is 11.3 Å². The van der Waals surface area contributed by atoms with Crippen molar-refractivity contribution in [2.45, 2.75) is 0 Å². The third kappa shape index (κ3) is 3.40. The lowest BCUT2D eigenvalue weighted by atomic mass is 10.1. The summed E-state index contributed by atoms with van der Waals surface area (Å²) in [4.78, 5) is 22.3. The highest BCUT2D eigenvalue weighted by Gasteiger charge is 2.25. The van der Waals surface area contributed by atoms with Crippen molar-refractivity contribution in [3.63, 3.8) is 0 Å². The molecule has 0 radical (unpaired) electrons. The summed E-state index contributed by atoms with van der Waals surface area (Å²) in [6, 6.07) is 11.0. The molecule has 0 aliphatic carbocycles. The number of ether oxygens (including phenoxy) is 1. The van der Waals surface area contributed by atoms with E-state index in [0.29, 0.717) is 10.7 Å². The number of hydrogen-bond acceptors (Lipinski definition) is 5. The van der Waals surface area contributed by atoms with E-state index >= 15 is 0 Å². The van der Waals surface area contributed by atoms with Gasteiger partial charge in [0.05, 0.1) is 0 Å². The van der Waals surface area contributed by atoms with Crippen LogP contribution in [0.5, 0.6) is 0 Å². The Labute approximate surface area is 138 Å². The molecular formula is C17H14ClN3O2. The number of carbonyl (C=O) groups is 1. The maximum Gasteiger partial charge on any atom is 0.363 e. The third-order valence-corrected chi connectivity index (χ3v) is 3.51. The highest BCUT2D eigenvalue weighted by atomic mass is 35.5. The molecule has 1 aromatic carbocycles. The number of carbonyl (C=O) groups excluding carboxylic acids is 1. The van der Waals surface area contributed by atoms with Gasteiger partial charge in [0.2, 0.25) is 5.90 Å². The molecular weight excluding hydrogens is 314 g/mol. The van der Waals surface area contributed by atoms with Crippen molar-refractivity contribution >= 4 is 35.2 Å². The van der Waals surface area contributed by atoms with Gasteiger partial charge in [-0.3, -0.25) is 4.98 Å². The van der Waals surface area contributed by atoms with E-state index in [1.165, 1.54) is 6.20 Å². The van der Waals surface area contributed by atoms with Crippen molar-refractivity contribution in [3.8, 4) is 0 Å². The summed E-state index contributed by atoms with van der Waals surface area (Å²) in [5.74, 6) is -0.341. The van der Waals surface area contributed by atoms with Crippen molar-refractivity contribution in [2.75, 3.05) is 19.0 Å². The first kappa shape index (κ1) is 15.2. The first-order chi connectivity index (χ1) is 11.0. The lowest BCUT2D eigenvalue weighted by molar-refractivity contribution is -0.129. The minimum Gasteiger partial charge on any atom is -0.400 e. The molecule has 3 rings (SSSR count). The lowest BCUT2D eigenvalue weighted by Crippen LogP contribution is -2.08. The Balaban J connectivity index is 1.88. The van der Waals surface area contributed by atoms with Gasteiger partial charge in [-0.25, -0.2) is 9.79 Å². The van der Waals surface area contributed by atoms with Crippen molar-refractivity contribution in [1.82, 2.24) is 4.98 Å². The SMILES string of the molecule is CN(C)c1ccc(/C=C2\N=C(c3cc(Cl)ccn3)OC2=O)cc1. The molecule has 0 fully saturated rings. The summed E-state index contributed by atoms with van der Waals surface area (Å²) in [7, 11) is 3.94. The second-order valence-electron chi connectivity index (χ2n) is 5.18. The van der Waals surface area contributed by atoms with Crippen LogP contribution in [0.25, 0.3) is 6.08 Å². The van der Waals surface area contributed by atoms with E-state index in [1.54, 1.807) is 18.2 Å². The molecule has 0 bridgehead atoms. The van der Waals surface area contributed by atoms with Crippen LogP contribution in [0.3, 0.4) is 0 Å². The molecule has 1 aliphatic heterocycles. The maximum atomic E-state index is 11.9. The quantitative estimate of drug-likeness (QED) is 0.642. The van der Waals surface area contributed by atoms with Gasteiger partial charge in [0.15, 0.2) is 5.70 Å². The Morgan fingerprint density at radius 2 is 1.91 bits per heavy atom. The van der Waals surface area contributed by atoms with Crippen molar-refractivity contribution in [3.05, 3.63) is 64.6 Å². The van der Waals surface area contributed by atoms with E-state index < -0.39 is 5.97 Å². The number of aromatic nitrogens is 1. The number of anilines is 1. The fourth-order valence-electron chi connectivity index (χ4n) is 2.07. The number of cyclic esters (lactones) is 1. The smallest absolute Gasteiger partial charge is 0.363 e. The average Bonchev–Trinajstić information content (AvgIpc) is 2.89. The van der Waals surface area contributed by atoms with Gasteiger partial charge >= 0.3 is 5.97 Å². The molecule has 0 N–H and O–H groups in total. The second-order valence-corrected chi connectivity index (χ2v) is 5.62. The molecule has 0 unspecified atom stereocenters. The zero-order valence-corrected chi connectivity index (χ0v) is 13.4. The van der Waals surface area contributed by atoms with Crippen LogP contribution in [0.15, 0.2) is 53.3 Å². The number of esters is 1. The number of rotatable bonds is 3.